The number of hydrogen-bond acceptors (Lipinski definition) is 4. The van der Waals surface area contributed by atoms with Gasteiger partial charge in [-0.15, -0.1) is 0 Å². The van der Waals surface area contributed by atoms with E-state index in [1.54, 1.807) is 13.2 Å². The Bertz CT molecular complexity index is 714. The number of halogens is 1. The quantitative estimate of drug-likeness (QED) is 0.884. The lowest BCUT2D eigenvalue weighted by atomic mass is 9.98. The summed E-state index contributed by atoms with van der Waals surface area (Å²) >= 11 is 0. The number of carbonyl (C=O) groups excluding carboxylic acids is 1. The number of carbonyl (C=O) groups is 1. The number of amides is 1. The predicted octanol–water partition coefficient (Wildman–Crippen LogP) is 1.87. The number of fused-ring (bicyclic) bond motifs is 1. The molecule has 1 aromatic carbocycles. The lowest BCUT2D eigenvalue weighted by Crippen LogP contribution is -2.53. The summed E-state index contributed by atoms with van der Waals surface area (Å²) in [5.74, 6) is -0.584. The highest BCUT2D eigenvalue weighted by molar-refractivity contribution is 6.06. The van der Waals surface area contributed by atoms with E-state index < -0.39 is 0 Å². The first-order valence-electron chi connectivity index (χ1n) is 7.70. The second-order valence-electron chi connectivity index (χ2n) is 5.94. The Labute approximate surface area is 134 Å². The summed E-state index contributed by atoms with van der Waals surface area (Å²) in [4.78, 5) is 16.5. The highest BCUT2D eigenvalue weighted by atomic mass is 19.1. The van der Waals surface area contributed by atoms with Gasteiger partial charge in [-0.05, 0) is 37.6 Å². The van der Waals surface area contributed by atoms with Gasteiger partial charge in [-0.2, -0.15) is 0 Å². The van der Waals surface area contributed by atoms with Crippen LogP contribution in [0.4, 0.5) is 4.39 Å². The van der Waals surface area contributed by atoms with E-state index in [0.717, 1.165) is 19.4 Å². The lowest BCUT2D eigenvalue weighted by Gasteiger charge is -2.29. The molecule has 1 aromatic heterocycles. The second-order valence-corrected chi connectivity index (χ2v) is 5.94. The Hall–Kier alpha value is -2.05. The van der Waals surface area contributed by atoms with Crippen LogP contribution in [0, 0.1) is 5.82 Å². The van der Waals surface area contributed by atoms with Crippen molar-refractivity contribution in [3.8, 4) is 0 Å². The summed E-state index contributed by atoms with van der Waals surface area (Å²) < 4.78 is 19.1. The molecular weight excluding hydrogens is 297 g/mol. The highest BCUT2D eigenvalue weighted by Gasteiger charge is 2.33. The fourth-order valence-corrected chi connectivity index (χ4v) is 3.17. The normalized spacial score (nSPS) is 20.8. The number of nitrogens with zero attached hydrogens (tertiary/aromatic N) is 1. The SMILES string of the molecule is COCC1(CNC(=O)c2ccc(F)c3ccncc23)CCCN1. The fourth-order valence-electron chi connectivity index (χ4n) is 3.17. The Morgan fingerprint density at radius 2 is 2.30 bits per heavy atom. The molecule has 2 N–H and O–H groups in total. The number of methoxy groups -OCH3 is 1. The molecule has 0 spiro atoms. The second kappa shape index (κ2) is 6.60. The van der Waals surface area contributed by atoms with Crippen LogP contribution in [-0.2, 0) is 4.74 Å². The number of rotatable bonds is 5. The number of benzene rings is 1. The average Bonchev–Trinajstić information content (AvgIpc) is 3.03. The molecule has 6 heteroatoms. The molecule has 0 bridgehead atoms. The van der Waals surface area contributed by atoms with E-state index in [0.29, 0.717) is 29.5 Å². The summed E-state index contributed by atoms with van der Waals surface area (Å²) in [5.41, 5.74) is 0.207. The van der Waals surface area contributed by atoms with Crippen molar-refractivity contribution >= 4 is 16.7 Å². The molecule has 0 aliphatic carbocycles. The third kappa shape index (κ3) is 3.18. The molecule has 3 rings (SSSR count). The maximum Gasteiger partial charge on any atom is 0.252 e. The van der Waals surface area contributed by atoms with E-state index in [9.17, 15) is 9.18 Å². The average molecular weight is 317 g/mol. The summed E-state index contributed by atoms with van der Waals surface area (Å²) in [5, 5.41) is 7.28. The molecule has 1 amide bonds. The molecule has 122 valence electrons. The first-order chi connectivity index (χ1) is 11.2. The summed E-state index contributed by atoms with van der Waals surface area (Å²) in [7, 11) is 1.66. The molecule has 5 nitrogen and oxygen atoms in total. The number of aromatic nitrogens is 1. The van der Waals surface area contributed by atoms with E-state index >= 15 is 0 Å². The predicted molar refractivity (Wildman–Crippen MR) is 85.9 cm³/mol. The summed E-state index contributed by atoms with van der Waals surface area (Å²) in [6.45, 7) is 1.93. The van der Waals surface area contributed by atoms with E-state index in [4.69, 9.17) is 4.74 Å². The number of hydrogen-bond donors (Lipinski definition) is 2. The Kier molecular flexibility index (Phi) is 4.54. The number of nitrogens with one attached hydrogen (secondary N) is 2. The summed E-state index contributed by atoms with van der Waals surface area (Å²) in [6, 6.07) is 4.39. The van der Waals surface area contributed by atoms with Gasteiger partial charge in [0.2, 0.25) is 0 Å². The standard InChI is InChI=1S/C17H20FN3O2/c1-23-11-17(6-2-7-21-17)10-20-16(22)13-3-4-15(18)12-5-8-19-9-14(12)13/h3-5,8-9,21H,2,6-7,10-11H2,1H3,(H,20,22). The monoisotopic (exact) mass is 317 g/mol. The lowest BCUT2D eigenvalue weighted by molar-refractivity contribution is 0.0893. The van der Waals surface area contributed by atoms with Gasteiger partial charge in [0.1, 0.15) is 5.82 Å². The van der Waals surface area contributed by atoms with E-state index in [2.05, 4.69) is 15.6 Å². The first-order valence-corrected chi connectivity index (χ1v) is 7.70. The zero-order valence-corrected chi connectivity index (χ0v) is 13.1. The van der Waals surface area contributed by atoms with Gasteiger partial charge in [0.25, 0.3) is 5.91 Å². The van der Waals surface area contributed by atoms with Gasteiger partial charge in [0.15, 0.2) is 0 Å². The van der Waals surface area contributed by atoms with Gasteiger partial charge < -0.3 is 15.4 Å². The molecule has 1 aliphatic heterocycles. The Morgan fingerprint density at radius 1 is 1.43 bits per heavy atom. The third-order valence-electron chi connectivity index (χ3n) is 4.35. The number of ether oxygens (including phenoxy) is 1. The van der Waals surface area contributed by atoms with Crippen LogP contribution in [0.15, 0.2) is 30.6 Å². The molecule has 1 unspecified atom stereocenters. The van der Waals surface area contributed by atoms with Crippen LogP contribution in [0.3, 0.4) is 0 Å². The van der Waals surface area contributed by atoms with E-state index in [1.165, 1.54) is 24.5 Å². The van der Waals surface area contributed by atoms with Gasteiger partial charge >= 0.3 is 0 Å². The molecule has 1 saturated heterocycles. The zero-order chi connectivity index (χ0) is 16.3. The molecule has 1 fully saturated rings. The Balaban J connectivity index is 1.80. The van der Waals surface area contributed by atoms with E-state index in [1.807, 2.05) is 0 Å². The maximum absolute atomic E-state index is 13.8. The Morgan fingerprint density at radius 3 is 3.04 bits per heavy atom. The minimum absolute atomic E-state index is 0.224. The van der Waals surface area contributed by atoms with Crippen LogP contribution in [0.2, 0.25) is 0 Å². The van der Waals surface area contributed by atoms with Crippen LogP contribution in [0.25, 0.3) is 10.8 Å². The zero-order valence-electron chi connectivity index (χ0n) is 13.1. The third-order valence-corrected chi connectivity index (χ3v) is 4.35. The van der Waals surface area contributed by atoms with Crippen molar-refractivity contribution in [2.24, 2.45) is 0 Å². The molecule has 2 aromatic rings. The van der Waals surface area contributed by atoms with Gasteiger partial charge in [-0.1, -0.05) is 0 Å². The van der Waals surface area contributed by atoms with Crippen LogP contribution >= 0.6 is 0 Å². The molecule has 1 aliphatic rings. The first kappa shape index (κ1) is 15.8. The highest BCUT2D eigenvalue weighted by Crippen LogP contribution is 2.22. The molecular formula is C17H20FN3O2. The van der Waals surface area contributed by atoms with Gasteiger partial charge in [-0.25, -0.2) is 4.39 Å². The maximum atomic E-state index is 13.8. The van der Waals surface area contributed by atoms with Crippen molar-refractivity contribution in [2.45, 2.75) is 18.4 Å². The fraction of sp³-hybridized carbons (Fsp3) is 0.412. The number of pyridine rings is 1. The van der Waals surface area contributed by atoms with Crippen molar-refractivity contribution in [3.05, 3.63) is 42.0 Å². The van der Waals surface area contributed by atoms with Gasteiger partial charge in [0.05, 0.1) is 12.1 Å². The molecule has 23 heavy (non-hydrogen) atoms. The van der Waals surface area contributed by atoms with Gasteiger partial charge in [0, 0.05) is 42.4 Å². The molecule has 0 radical (unpaired) electrons. The smallest absolute Gasteiger partial charge is 0.252 e. The minimum atomic E-state index is -0.354. The largest absolute Gasteiger partial charge is 0.383 e. The van der Waals surface area contributed by atoms with Crippen molar-refractivity contribution in [3.63, 3.8) is 0 Å². The molecule has 2 heterocycles. The topological polar surface area (TPSA) is 63.2 Å². The van der Waals surface area contributed by atoms with Gasteiger partial charge in [-0.3, -0.25) is 9.78 Å². The van der Waals surface area contributed by atoms with Crippen molar-refractivity contribution < 1.29 is 13.9 Å². The summed E-state index contributed by atoms with van der Waals surface area (Å²) in [6.07, 6.45) is 5.05. The van der Waals surface area contributed by atoms with E-state index in [-0.39, 0.29) is 17.3 Å². The van der Waals surface area contributed by atoms with Crippen LogP contribution in [-0.4, -0.2) is 43.2 Å². The van der Waals surface area contributed by atoms with Crippen molar-refractivity contribution in [2.75, 3.05) is 26.8 Å². The van der Waals surface area contributed by atoms with Crippen molar-refractivity contribution in [1.82, 2.24) is 15.6 Å². The molecule has 1 atom stereocenters. The minimum Gasteiger partial charge on any atom is -0.383 e. The molecule has 0 saturated carbocycles. The van der Waals surface area contributed by atoms with Crippen LogP contribution in [0.1, 0.15) is 23.2 Å². The van der Waals surface area contributed by atoms with Crippen LogP contribution in [0.5, 0.6) is 0 Å². The van der Waals surface area contributed by atoms with Crippen LogP contribution < -0.4 is 10.6 Å². The van der Waals surface area contributed by atoms with Crippen molar-refractivity contribution in [1.29, 1.82) is 0 Å².